The first-order chi connectivity index (χ1) is 9.88. The summed E-state index contributed by atoms with van der Waals surface area (Å²) in [6.45, 7) is 12.7. The molecule has 0 radical (unpaired) electrons. The number of rotatable bonds is 4. The molecule has 2 unspecified atom stereocenters. The van der Waals surface area contributed by atoms with E-state index in [2.05, 4.69) is 70.1 Å². The molecule has 1 saturated heterocycles. The molecule has 1 heterocycles. The van der Waals surface area contributed by atoms with Crippen LogP contribution in [0.15, 0.2) is 18.2 Å². The molecule has 0 spiro atoms. The second-order valence-corrected chi connectivity index (χ2v) is 7.35. The SMILES string of the molecule is CC(C)c1ccc(NC2CCN(C)C(C)C2)c(C(C)C)c1. The minimum Gasteiger partial charge on any atom is -0.382 e. The average Bonchev–Trinajstić information content (AvgIpc) is 2.43. The smallest absolute Gasteiger partial charge is 0.0377 e. The van der Waals surface area contributed by atoms with Crippen LogP contribution in [0.4, 0.5) is 5.69 Å². The molecule has 21 heavy (non-hydrogen) atoms. The Bertz CT molecular complexity index is 465. The number of benzene rings is 1. The Balaban J connectivity index is 2.16. The average molecular weight is 288 g/mol. The molecule has 1 aliphatic heterocycles. The van der Waals surface area contributed by atoms with E-state index in [1.165, 1.54) is 36.2 Å². The molecule has 1 N–H and O–H groups in total. The van der Waals surface area contributed by atoms with Gasteiger partial charge >= 0.3 is 0 Å². The Labute approximate surface area is 130 Å². The van der Waals surface area contributed by atoms with Gasteiger partial charge in [-0.25, -0.2) is 0 Å². The van der Waals surface area contributed by atoms with Crippen molar-refractivity contribution >= 4 is 5.69 Å². The van der Waals surface area contributed by atoms with Gasteiger partial charge in [-0.05, 0) is 55.8 Å². The van der Waals surface area contributed by atoms with Crippen molar-refractivity contribution in [3.63, 3.8) is 0 Å². The lowest BCUT2D eigenvalue weighted by molar-refractivity contribution is 0.190. The van der Waals surface area contributed by atoms with E-state index in [4.69, 9.17) is 0 Å². The van der Waals surface area contributed by atoms with E-state index in [1.807, 2.05) is 0 Å². The highest BCUT2D eigenvalue weighted by molar-refractivity contribution is 5.55. The number of nitrogens with zero attached hydrogens (tertiary/aromatic N) is 1. The van der Waals surface area contributed by atoms with Gasteiger partial charge in [0.05, 0.1) is 0 Å². The fourth-order valence-electron chi connectivity index (χ4n) is 3.19. The van der Waals surface area contributed by atoms with Crippen molar-refractivity contribution in [3.05, 3.63) is 29.3 Å². The molecular formula is C19H32N2. The van der Waals surface area contributed by atoms with Crippen molar-refractivity contribution < 1.29 is 0 Å². The minimum atomic E-state index is 0.565. The van der Waals surface area contributed by atoms with Crippen LogP contribution in [-0.4, -0.2) is 30.6 Å². The highest BCUT2D eigenvalue weighted by Crippen LogP contribution is 2.30. The molecular weight excluding hydrogens is 256 g/mol. The predicted octanol–water partition coefficient (Wildman–Crippen LogP) is 4.83. The summed E-state index contributed by atoms with van der Waals surface area (Å²) in [6.07, 6.45) is 2.48. The van der Waals surface area contributed by atoms with Crippen LogP contribution in [0.2, 0.25) is 0 Å². The number of anilines is 1. The Kier molecular flexibility index (Phi) is 5.32. The number of piperidine rings is 1. The van der Waals surface area contributed by atoms with Crippen LogP contribution >= 0.6 is 0 Å². The molecule has 2 atom stereocenters. The molecule has 118 valence electrons. The lowest BCUT2D eigenvalue weighted by atomic mass is 9.92. The Morgan fingerprint density at radius 3 is 2.43 bits per heavy atom. The lowest BCUT2D eigenvalue weighted by Gasteiger charge is -2.36. The van der Waals surface area contributed by atoms with Gasteiger partial charge in [0.15, 0.2) is 0 Å². The summed E-state index contributed by atoms with van der Waals surface area (Å²) in [6, 6.07) is 8.27. The second kappa shape index (κ2) is 6.83. The van der Waals surface area contributed by atoms with Crippen molar-refractivity contribution in [2.24, 2.45) is 0 Å². The molecule has 0 saturated carbocycles. The van der Waals surface area contributed by atoms with E-state index in [1.54, 1.807) is 0 Å². The second-order valence-electron chi connectivity index (χ2n) is 7.35. The Morgan fingerprint density at radius 2 is 1.86 bits per heavy atom. The Hall–Kier alpha value is -1.02. The third-order valence-electron chi connectivity index (χ3n) is 4.93. The highest BCUT2D eigenvalue weighted by atomic mass is 15.1. The first-order valence-electron chi connectivity index (χ1n) is 8.49. The minimum absolute atomic E-state index is 0.565. The van der Waals surface area contributed by atoms with Gasteiger partial charge in [-0.3, -0.25) is 0 Å². The fourth-order valence-corrected chi connectivity index (χ4v) is 3.19. The molecule has 1 aromatic carbocycles. The summed E-state index contributed by atoms with van der Waals surface area (Å²) < 4.78 is 0. The highest BCUT2D eigenvalue weighted by Gasteiger charge is 2.23. The van der Waals surface area contributed by atoms with E-state index in [9.17, 15) is 0 Å². The molecule has 1 aliphatic rings. The van der Waals surface area contributed by atoms with Crippen LogP contribution in [0.1, 0.15) is 70.4 Å². The van der Waals surface area contributed by atoms with Crippen molar-refractivity contribution in [2.75, 3.05) is 18.9 Å². The molecule has 2 nitrogen and oxygen atoms in total. The van der Waals surface area contributed by atoms with Gasteiger partial charge in [0, 0.05) is 24.3 Å². The van der Waals surface area contributed by atoms with E-state index in [0.717, 1.165) is 0 Å². The molecule has 0 amide bonds. The van der Waals surface area contributed by atoms with Crippen LogP contribution in [0.5, 0.6) is 0 Å². The summed E-state index contributed by atoms with van der Waals surface area (Å²) in [5.41, 5.74) is 4.25. The summed E-state index contributed by atoms with van der Waals surface area (Å²) in [4.78, 5) is 2.46. The third kappa shape index (κ3) is 4.00. The van der Waals surface area contributed by atoms with Gasteiger partial charge < -0.3 is 10.2 Å². The van der Waals surface area contributed by atoms with Gasteiger partial charge in [0.2, 0.25) is 0 Å². The summed E-state index contributed by atoms with van der Waals surface area (Å²) in [5.74, 6) is 1.16. The van der Waals surface area contributed by atoms with Crippen molar-refractivity contribution in [3.8, 4) is 0 Å². The zero-order chi connectivity index (χ0) is 15.6. The van der Waals surface area contributed by atoms with Gasteiger partial charge in [0.25, 0.3) is 0 Å². The van der Waals surface area contributed by atoms with Crippen LogP contribution < -0.4 is 5.32 Å². The van der Waals surface area contributed by atoms with Crippen molar-refractivity contribution in [1.82, 2.24) is 4.90 Å². The monoisotopic (exact) mass is 288 g/mol. The first kappa shape index (κ1) is 16.4. The zero-order valence-electron chi connectivity index (χ0n) is 14.6. The van der Waals surface area contributed by atoms with E-state index in [-0.39, 0.29) is 0 Å². The summed E-state index contributed by atoms with van der Waals surface area (Å²) >= 11 is 0. The maximum Gasteiger partial charge on any atom is 0.0377 e. The van der Waals surface area contributed by atoms with Crippen LogP contribution in [0.25, 0.3) is 0 Å². The standard InChI is InChI=1S/C19H32N2/c1-13(2)16-7-8-19(18(12-16)14(3)4)20-17-9-10-21(6)15(5)11-17/h7-8,12-15,17,20H,9-11H2,1-6H3. The van der Waals surface area contributed by atoms with Crippen LogP contribution in [0.3, 0.4) is 0 Å². The molecule has 0 aromatic heterocycles. The van der Waals surface area contributed by atoms with E-state index >= 15 is 0 Å². The van der Waals surface area contributed by atoms with E-state index in [0.29, 0.717) is 23.9 Å². The molecule has 0 aliphatic carbocycles. The fraction of sp³-hybridized carbons (Fsp3) is 0.684. The normalized spacial score (nSPS) is 23.8. The Morgan fingerprint density at radius 1 is 1.14 bits per heavy atom. The van der Waals surface area contributed by atoms with Gasteiger partial charge in [0.1, 0.15) is 0 Å². The number of nitrogens with one attached hydrogen (secondary N) is 1. The maximum absolute atomic E-state index is 3.82. The quantitative estimate of drug-likeness (QED) is 0.854. The van der Waals surface area contributed by atoms with Crippen molar-refractivity contribution in [2.45, 2.75) is 71.4 Å². The summed E-state index contributed by atoms with van der Waals surface area (Å²) in [7, 11) is 2.23. The van der Waals surface area contributed by atoms with Gasteiger partial charge in [-0.15, -0.1) is 0 Å². The molecule has 2 rings (SSSR count). The van der Waals surface area contributed by atoms with Gasteiger partial charge in [-0.2, -0.15) is 0 Å². The summed E-state index contributed by atoms with van der Waals surface area (Å²) in [5, 5.41) is 3.82. The topological polar surface area (TPSA) is 15.3 Å². The van der Waals surface area contributed by atoms with Crippen LogP contribution in [-0.2, 0) is 0 Å². The molecule has 1 aromatic rings. The molecule has 2 heteroatoms. The molecule has 0 bridgehead atoms. The maximum atomic E-state index is 3.82. The number of hydrogen-bond acceptors (Lipinski definition) is 2. The number of likely N-dealkylation sites (tertiary alicyclic amines) is 1. The number of hydrogen-bond donors (Lipinski definition) is 1. The largest absolute Gasteiger partial charge is 0.382 e. The van der Waals surface area contributed by atoms with Crippen LogP contribution in [0, 0.1) is 0 Å². The first-order valence-corrected chi connectivity index (χ1v) is 8.49. The van der Waals surface area contributed by atoms with E-state index < -0.39 is 0 Å². The molecule has 1 fully saturated rings. The lowest BCUT2D eigenvalue weighted by Crippen LogP contribution is -2.42. The third-order valence-corrected chi connectivity index (χ3v) is 4.93. The predicted molar refractivity (Wildman–Crippen MR) is 93.4 cm³/mol. The van der Waals surface area contributed by atoms with Crippen molar-refractivity contribution in [1.29, 1.82) is 0 Å². The van der Waals surface area contributed by atoms with Gasteiger partial charge in [-0.1, -0.05) is 39.8 Å². The zero-order valence-corrected chi connectivity index (χ0v) is 14.6.